The van der Waals surface area contributed by atoms with Crippen molar-refractivity contribution in [2.45, 2.75) is 70.4 Å². The molecule has 0 spiro atoms. The molecule has 2 rings (SSSR count). The molecule has 0 unspecified atom stereocenters. The van der Waals surface area contributed by atoms with Gasteiger partial charge in [-0.1, -0.05) is 19.3 Å². The van der Waals surface area contributed by atoms with E-state index in [9.17, 15) is 0 Å². The second-order valence-corrected chi connectivity index (χ2v) is 5.48. The summed E-state index contributed by atoms with van der Waals surface area (Å²) in [6.07, 6.45) is 10.1. The minimum absolute atomic E-state index is 0.419. The molecule has 1 N–H and O–H groups in total. The predicted octanol–water partition coefficient (Wildman–Crippen LogP) is 3.10. The van der Waals surface area contributed by atoms with Gasteiger partial charge in [0, 0.05) is 11.6 Å². The van der Waals surface area contributed by atoms with E-state index in [4.69, 9.17) is 0 Å². The fourth-order valence-electron chi connectivity index (χ4n) is 2.70. The first kappa shape index (κ1) is 9.51. The van der Waals surface area contributed by atoms with E-state index >= 15 is 0 Å². The topological polar surface area (TPSA) is 12.0 Å². The monoisotopic (exact) mass is 181 g/mol. The van der Waals surface area contributed by atoms with Crippen molar-refractivity contribution in [2.24, 2.45) is 5.92 Å². The molecule has 2 aliphatic rings. The molecule has 0 amide bonds. The van der Waals surface area contributed by atoms with Crippen LogP contribution in [-0.4, -0.2) is 11.6 Å². The highest BCUT2D eigenvalue weighted by Crippen LogP contribution is 2.40. The Morgan fingerprint density at radius 1 is 0.923 bits per heavy atom. The van der Waals surface area contributed by atoms with E-state index in [-0.39, 0.29) is 0 Å². The maximum atomic E-state index is 3.86. The molecule has 0 aromatic carbocycles. The SMILES string of the molecule is CC(C)(NC1CCCCC1)C1CC1. The molecular formula is C12H23N. The summed E-state index contributed by atoms with van der Waals surface area (Å²) in [5.74, 6) is 0.967. The molecular weight excluding hydrogens is 158 g/mol. The first-order valence-corrected chi connectivity index (χ1v) is 5.96. The fraction of sp³-hybridized carbons (Fsp3) is 1.00. The molecule has 2 fully saturated rings. The molecule has 0 atom stereocenters. The lowest BCUT2D eigenvalue weighted by Crippen LogP contribution is -2.48. The summed E-state index contributed by atoms with van der Waals surface area (Å²) in [5, 5.41) is 3.86. The van der Waals surface area contributed by atoms with E-state index < -0.39 is 0 Å². The zero-order valence-corrected chi connectivity index (χ0v) is 9.10. The van der Waals surface area contributed by atoms with E-state index in [0.717, 1.165) is 12.0 Å². The molecule has 0 saturated heterocycles. The highest BCUT2D eigenvalue weighted by atomic mass is 15.0. The lowest BCUT2D eigenvalue weighted by atomic mass is 9.90. The van der Waals surface area contributed by atoms with Crippen molar-refractivity contribution in [3.8, 4) is 0 Å². The average Bonchev–Trinajstić information content (AvgIpc) is 2.87. The van der Waals surface area contributed by atoms with Crippen LogP contribution in [0.5, 0.6) is 0 Å². The Labute approximate surface area is 82.3 Å². The van der Waals surface area contributed by atoms with Crippen LogP contribution >= 0.6 is 0 Å². The summed E-state index contributed by atoms with van der Waals surface area (Å²) in [5.41, 5.74) is 0.419. The fourth-order valence-corrected chi connectivity index (χ4v) is 2.70. The van der Waals surface area contributed by atoms with Crippen molar-refractivity contribution in [1.82, 2.24) is 5.32 Å². The van der Waals surface area contributed by atoms with Gasteiger partial charge in [0.2, 0.25) is 0 Å². The van der Waals surface area contributed by atoms with E-state index in [1.54, 1.807) is 0 Å². The first-order chi connectivity index (χ1) is 6.18. The van der Waals surface area contributed by atoms with Gasteiger partial charge in [-0.15, -0.1) is 0 Å². The van der Waals surface area contributed by atoms with Gasteiger partial charge < -0.3 is 5.32 Å². The Hall–Kier alpha value is -0.0400. The van der Waals surface area contributed by atoms with E-state index in [0.29, 0.717) is 5.54 Å². The van der Waals surface area contributed by atoms with E-state index in [1.807, 2.05) is 0 Å². The van der Waals surface area contributed by atoms with Crippen LogP contribution in [0, 0.1) is 5.92 Å². The minimum atomic E-state index is 0.419. The molecule has 76 valence electrons. The molecule has 0 aromatic heterocycles. The van der Waals surface area contributed by atoms with Gasteiger partial charge in [-0.25, -0.2) is 0 Å². The van der Waals surface area contributed by atoms with E-state index in [2.05, 4.69) is 19.2 Å². The Kier molecular flexibility index (Phi) is 2.64. The van der Waals surface area contributed by atoms with Gasteiger partial charge in [-0.05, 0) is 45.4 Å². The third kappa shape index (κ3) is 2.46. The zero-order chi connectivity index (χ0) is 9.31. The van der Waals surface area contributed by atoms with Gasteiger partial charge in [0.1, 0.15) is 0 Å². The average molecular weight is 181 g/mol. The predicted molar refractivity (Wildman–Crippen MR) is 56.8 cm³/mol. The van der Waals surface area contributed by atoms with Crippen molar-refractivity contribution in [1.29, 1.82) is 0 Å². The summed E-state index contributed by atoms with van der Waals surface area (Å²) >= 11 is 0. The first-order valence-electron chi connectivity index (χ1n) is 5.96. The van der Waals surface area contributed by atoms with Gasteiger partial charge in [0.25, 0.3) is 0 Å². The van der Waals surface area contributed by atoms with Crippen LogP contribution < -0.4 is 5.32 Å². The van der Waals surface area contributed by atoms with Gasteiger partial charge in [0.05, 0.1) is 0 Å². The second-order valence-electron chi connectivity index (χ2n) is 5.48. The Bertz CT molecular complexity index is 164. The lowest BCUT2D eigenvalue weighted by Gasteiger charge is -2.34. The van der Waals surface area contributed by atoms with Gasteiger partial charge in [0.15, 0.2) is 0 Å². The number of hydrogen-bond donors (Lipinski definition) is 1. The molecule has 13 heavy (non-hydrogen) atoms. The normalized spacial score (nSPS) is 26.3. The molecule has 0 bridgehead atoms. The number of rotatable bonds is 3. The molecule has 2 saturated carbocycles. The van der Waals surface area contributed by atoms with E-state index in [1.165, 1.54) is 44.9 Å². The van der Waals surface area contributed by atoms with Crippen molar-refractivity contribution in [3.63, 3.8) is 0 Å². The molecule has 1 nitrogen and oxygen atoms in total. The lowest BCUT2D eigenvalue weighted by molar-refractivity contribution is 0.255. The van der Waals surface area contributed by atoms with Crippen molar-refractivity contribution in [3.05, 3.63) is 0 Å². The smallest absolute Gasteiger partial charge is 0.0155 e. The number of hydrogen-bond acceptors (Lipinski definition) is 1. The van der Waals surface area contributed by atoms with Crippen LogP contribution in [0.25, 0.3) is 0 Å². The van der Waals surface area contributed by atoms with Crippen molar-refractivity contribution in [2.75, 3.05) is 0 Å². The minimum Gasteiger partial charge on any atom is -0.309 e. The van der Waals surface area contributed by atoms with Gasteiger partial charge in [-0.2, -0.15) is 0 Å². The van der Waals surface area contributed by atoms with Crippen molar-refractivity contribution < 1.29 is 0 Å². The maximum Gasteiger partial charge on any atom is 0.0155 e. The van der Waals surface area contributed by atoms with Crippen LogP contribution in [0.4, 0.5) is 0 Å². The van der Waals surface area contributed by atoms with Crippen LogP contribution in [0.15, 0.2) is 0 Å². The van der Waals surface area contributed by atoms with Gasteiger partial charge >= 0.3 is 0 Å². The standard InChI is InChI=1S/C12H23N/c1-12(2,10-8-9-10)13-11-6-4-3-5-7-11/h10-11,13H,3-9H2,1-2H3. The van der Waals surface area contributed by atoms with Crippen LogP contribution in [0.2, 0.25) is 0 Å². The molecule has 0 radical (unpaired) electrons. The molecule has 0 heterocycles. The van der Waals surface area contributed by atoms with Crippen LogP contribution in [-0.2, 0) is 0 Å². The third-order valence-electron chi connectivity index (χ3n) is 3.78. The molecule has 0 aliphatic heterocycles. The Balaban J connectivity index is 1.80. The highest BCUT2D eigenvalue weighted by molar-refractivity contribution is 4.96. The highest BCUT2D eigenvalue weighted by Gasteiger charge is 2.38. The van der Waals surface area contributed by atoms with Gasteiger partial charge in [-0.3, -0.25) is 0 Å². The number of nitrogens with one attached hydrogen (secondary N) is 1. The summed E-state index contributed by atoms with van der Waals surface area (Å²) < 4.78 is 0. The molecule has 1 heteroatoms. The summed E-state index contributed by atoms with van der Waals surface area (Å²) in [4.78, 5) is 0. The zero-order valence-electron chi connectivity index (χ0n) is 9.10. The Morgan fingerprint density at radius 3 is 2.08 bits per heavy atom. The molecule has 2 aliphatic carbocycles. The quantitative estimate of drug-likeness (QED) is 0.705. The maximum absolute atomic E-state index is 3.86. The van der Waals surface area contributed by atoms with Crippen molar-refractivity contribution >= 4 is 0 Å². The van der Waals surface area contributed by atoms with Crippen LogP contribution in [0.1, 0.15) is 58.8 Å². The molecule has 0 aromatic rings. The summed E-state index contributed by atoms with van der Waals surface area (Å²) in [6, 6.07) is 0.823. The second kappa shape index (κ2) is 3.61. The van der Waals surface area contributed by atoms with Crippen LogP contribution in [0.3, 0.4) is 0 Å². The summed E-state index contributed by atoms with van der Waals surface area (Å²) in [7, 11) is 0. The largest absolute Gasteiger partial charge is 0.309 e. The Morgan fingerprint density at radius 2 is 1.54 bits per heavy atom. The summed E-state index contributed by atoms with van der Waals surface area (Å²) in [6.45, 7) is 4.78. The third-order valence-corrected chi connectivity index (χ3v) is 3.78.